The summed E-state index contributed by atoms with van der Waals surface area (Å²) in [6, 6.07) is 7.35. The van der Waals surface area contributed by atoms with Gasteiger partial charge in [-0.15, -0.1) is 0 Å². The number of aromatic nitrogens is 1. The maximum atomic E-state index is 10.0. The Labute approximate surface area is 98.7 Å². The van der Waals surface area contributed by atoms with Crippen LogP contribution in [0.3, 0.4) is 0 Å². The quantitative estimate of drug-likeness (QED) is 0.624. The van der Waals surface area contributed by atoms with Crippen LogP contribution in [0.4, 0.5) is 0 Å². The molecule has 1 heterocycles. The Morgan fingerprint density at radius 2 is 1.88 bits per heavy atom. The van der Waals surface area contributed by atoms with Gasteiger partial charge < -0.3 is 0 Å². The molecule has 0 atom stereocenters. The highest BCUT2D eigenvalue weighted by Crippen LogP contribution is 2.28. The van der Waals surface area contributed by atoms with E-state index in [1.807, 2.05) is 18.2 Å². The highest BCUT2D eigenvalue weighted by Gasteiger charge is 2.21. The first kappa shape index (κ1) is 10.7. The van der Waals surface area contributed by atoms with E-state index in [9.17, 15) is 5.21 Å². The van der Waals surface area contributed by atoms with Gasteiger partial charge in [0, 0.05) is 16.9 Å². The molecule has 0 bridgehead atoms. The second kappa shape index (κ2) is 3.99. The van der Waals surface area contributed by atoms with Gasteiger partial charge in [0.1, 0.15) is 0 Å². The van der Waals surface area contributed by atoms with E-state index in [1.165, 1.54) is 0 Å². The van der Waals surface area contributed by atoms with Crippen molar-refractivity contribution in [3.63, 3.8) is 0 Å². The van der Waals surface area contributed by atoms with Gasteiger partial charge in [0.05, 0.1) is 16.0 Å². The first-order chi connectivity index (χ1) is 7.70. The summed E-state index contributed by atoms with van der Waals surface area (Å²) in [5.41, 5.74) is 1.87. The van der Waals surface area contributed by atoms with Crippen LogP contribution >= 0.6 is 11.6 Å². The molecule has 2 rings (SSSR count). The smallest absolute Gasteiger partial charge is 0.266 e. The van der Waals surface area contributed by atoms with Crippen molar-refractivity contribution >= 4 is 34.7 Å². The molecular formula is C13H11ClNO+. The average Bonchev–Trinajstić information content (AvgIpc) is 2.33. The minimum absolute atomic E-state index is 0.540. The number of rotatable bonds is 2. The largest absolute Gasteiger partial charge is 0.284 e. The molecule has 80 valence electrons. The number of pyridine rings is 1. The number of hydrogen-bond acceptors (Lipinski definition) is 1. The zero-order valence-electron chi connectivity index (χ0n) is 8.65. The van der Waals surface area contributed by atoms with E-state index in [2.05, 4.69) is 13.2 Å². The number of hydrogen-bond donors (Lipinski definition) is 1. The summed E-state index contributed by atoms with van der Waals surface area (Å²) >= 11 is 6.25. The fourth-order valence-corrected chi connectivity index (χ4v) is 2.07. The van der Waals surface area contributed by atoms with E-state index in [4.69, 9.17) is 11.6 Å². The van der Waals surface area contributed by atoms with Gasteiger partial charge in [0.2, 0.25) is 0 Å². The van der Waals surface area contributed by atoms with Crippen molar-refractivity contribution in [3.8, 4) is 0 Å². The minimum atomic E-state index is 0.540. The lowest BCUT2D eigenvalue weighted by Crippen LogP contribution is -2.35. The SMILES string of the molecule is C=Cc1c(Cl)c2ccccc2[n+](O)c1C=C. The number of nitrogens with zero attached hydrogens (tertiary/aromatic N) is 1. The minimum Gasteiger partial charge on any atom is -0.284 e. The maximum Gasteiger partial charge on any atom is 0.266 e. The molecule has 0 unspecified atom stereocenters. The van der Waals surface area contributed by atoms with Gasteiger partial charge in [-0.1, -0.05) is 43.0 Å². The standard InChI is InChI=1S/C13H11ClNO/c1-3-9-11(4-2)15(16)12-8-6-5-7-10(12)13(9)14/h3-8,16H,1-2H2/q+1. The third-order valence-corrected chi connectivity index (χ3v) is 2.91. The molecule has 0 fully saturated rings. The predicted molar refractivity (Wildman–Crippen MR) is 66.5 cm³/mol. The Hall–Kier alpha value is -1.80. The highest BCUT2D eigenvalue weighted by atomic mass is 35.5. The van der Waals surface area contributed by atoms with E-state index >= 15 is 0 Å². The summed E-state index contributed by atoms with van der Waals surface area (Å²) in [6.07, 6.45) is 3.16. The van der Waals surface area contributed by atoms with E-state index in [1.54, 1.807) is 18.2 Å². The van der Waals surface area contributed by atoms with Crippen LogP contribution in [0.25, 0.3) is 23.1 Å². The number of para-hydroxylation sites is 1. The Morgan fingerprint density at radius 1 is 1.19 bits per heavy atom. The van der Waals surface area contributed by atoms with Crippen molar-refractivity contribution < 1.29 is 9.94 Å². The normalized spacial score (nSPS) is 10.3. The second-order valence-corrected chi connectivity index (χ2v) is 3.73. The molecule has 0 amide bonds. The van der Waals surface area contributed by atoms with E-state index < -0.39 is 0 Å². The van der Waals surface area contributed by atoms with Crippen molar-refractivity contribution in [2.75, 3.05) is 0 Å². The third-order valence-electron chi connectivity index (χ3n) is 2.51. The van der Waals surface area contributed by atoms with Crippen LogP contribution < -0.4 is 4.73 Å². The van der Waals surface area contributed by atoms with Gasteiger partial charge in [-0.05, 0) is 6.07 Å². The van der Waals surface area contributed by atoms with E-state index in [0.29, 0.717) is 21.8 Å². The number of halogens is 1. The van der Waals surface area contributed by atoms with Gasteiger partial charge in [0.25, 0.3) is 11.2 Å². The lowest BCUT2D eigenvalue weighted by Gasteiger charge is -2.04. The van der Waals surface area contributed by atoms with Crippen LogP contribution in [-0.2, 0) is 0 Å². The summed E-state index contributed by atoms with van der Waals surface area (Å²) in [6.45, 7) is 7.35. The summed E-state index contributed by atoms with van der Waals surface area (Å²) in [5, 5.41) is 11.4. The van der Waals surface area contributed by atoms with Crippen LogP contribution in [-0.4, -0.2) is 5.21 Å². The fraction of sp³-hybridized carbons (Fsp3) is 0. The summed E-state index contributed by atoms with van der Waals surface area (Å²) in [7, 11) is 0. The van der Waals surface area contributed by atoms with Gasteiger partial charge in [-0.25, -0.2) is 0 Å². The molecule has 3 heteroatoms. The number of fused-ring (bicyclic) bond motifs is 1. The van der Waals surface area contributed by atoms with Crippen LogP contribution in [0.15, 0.2) is 37.4 Å². The molecule has 16 heavy (non-hydrogen) atoms. The summed E-state index contributed by atoms with van der Waals surface area (Å²) in [5.74, 6) is 0. The summed E-state index contributed by atoms with van der Waals surface area (Å²) in [4.78, 5) is 0. The van der Waals surface area contributed by atoms with Gasteiger partial charge in [-0.2, -0.15) is 0 Å². The molecule has 0 saturated heterocycles. The zero-order chi connectivity index (χ0) is 11.7. The van der Waals surface area contributed by atoms with Crippen LogP contribution in [0.2, 0.25) is 5.02 Å². The van der Waals surface area contributed by atoms with Crippen LogP contribution in [0, 0.1) is 0 Å². The molecule has 0 aliphatic heterocycles. The molecular weight excluding hydrogens is 222 g/mol. The topological polar surface area (TPSA) is 24.1 Å². The molecule has 0 aliphatic rings. The predicted octanol–water partition coefficient (Wildman–Crippen LogP) is 3.30. The number of benzene rings is 1. The van der Waals surface area contributed by atoms with E-state index in [-0.39, 0.29) is 0 Å². The molecule has 1 aromatic carbocycles. The molecule has 0 aliphatic carbocycles. The van der Waals surface area contributed by atoms with Crippen molar-refractivity contribution in [1.29, 1.82) is 0 Å². The third kappa shape index (κ3) is 1.39. The lowest BCUT2D eigenvalue weighted by atomic mass is 10.1. The Balaban J connectivity index is 3.04. The molecule has 0 spiro atoms. The van der Waals surface area contributed by atoms with Gasteiger partial charge in [0.15, 0.2) is 0 Å². The Morgan fingerprint density at radius 3 is 2.50 bits per heavy atom. The highest BCUT2D eigenvalue weighted by molar-refractivity contribution is 6.36. The fourth-order valence-electron chi connectivity index (χ4n) is 1.74. The zero-order valence-corrected chi connectivity index (χ0v) is 9.41. The van der Waals surface area contributed by atoms with Crippen molar-refractivity contribution in [1.82, 2.24) is 0 Å². The second-order valence-electron chi connectivity index (χ2n) is 3.35. The van der Waals surface area contributed by atoms with Crippen LogP contribution in [0.1, 0.15) is 11.3 Å². The van der Waals surface area contributed by atoms with Crippen LogP contribution in [0.5, 0.6) is 0 Å². The Bertz CT molecular complexity index is 537. The monoisotopic (exact) mass is 232 g/mol. The van der Waals surface area contributed by atoms with E-state index in [0.717, 1.165) is 10.1 Å². The molecule has 1 aromatic heterocycles. The lowest BCUT2D eigenvalue weighted by molar-refractivity contribution is -0.885. The average molecular weight is 233 g/mol. The summed E-state index contributed by atoms with van der Waals surface area (Å²) < 4.78 is 1.07. The molecule has 1 N–H and O–H groups in total. The van der Waals surface area contributed by atoms with Crippen molar-refractivity contribution in [3.05, 3.63) is 53.7 Å². The molecule has 2 nitrogen and oxygen atoms in total. The van der Waals surface area contributed by atoms with Crippen molar-refractivity contribution in [2.24, 2.45) is 0 Å². The first-order valence-corrected chi connectivity index (χ1v) is 5.19. The van der Waals surface area contributed by atoms with Gasteiger partial charge >= 0.3 is 0 Å². The van der Waals surface area contributed by atoms with Gasteiger partial charge in [-0.3, -0.25) is 5.21 Å². The maximum absolute atomic E-state index is 10.0. The molecule has 0 saturated carbocycles. The van der Waals surface area contributed by atoms with Crippen molar-refractivity contribution in [2.45, 2.75) is 0 Å². The Kier molecular flexibility index (Phi) is 2.67. The first-order valence-electron chi connectivity index (χ1n) is 4.81. The molecule has 2 aromatic rings. The molecule has 0 radical (unpaired) electrons.